The van der Waals surface area contributed by atoms with E-state index >= 15 is 0 Å². The van der Waals surface area contributed by atoms with Crippen LogP contribution in [0.15, 0.2) is 35.2 Å². The van der Waals surface area contributed by atoms with Crippen molar-refractivity contribution in [3.05, 3.63) is 51.5 Å². The summed E-state index contributed by atoms with van der Waals surface area (Å²) in [6.45, 7) is 4.01. The van der Waals surface area contributed by atoms with Crippen LogP contribution in [0.25, 0.3) is 0 Å². The number of nitrogens with one attached hydrogen (secondary N) is 2. The van der Waals surface area contributed by atoms with Crippen LogP contribution in [-0.2, 0) is 11.2 Å². The summed E-state index contributed by atoms with van der Waals surface area (Å²) in [7, 11) is 0. The number of thioether (sulfide) groups is 1. The molecule has 0 bridgehead atoms. The second-order valence-electron chi connectivity index (χ2n) is 5.13. The molecule has 0 aliphatic carbocycles. The normalized spacial score (nSPS) is 10.5. The maximum Gasteiger partial charge on any atom is 0.279 e. The molecule has 7 heteroatoms. The minimum Gasteiger partial charge on any atom is -0.273 e. The van der Waals surface area contributed by atoms with Gasteiger partial charge in [-0.3, -0.25) is 20.4 Å². The van der Waals surface area contributed by atoms with E-state index in [1.807, 2.05) is 19.9 Å². The third-order valence-corrected chi connectivity index (χ3v) is 5.69. The van der Waals surface area contributed by atoms with Gasteiger partial charge in [-0.2, -0.15) is 0 Å². The Kier molecular flexibility index (Phi) is 6.81. The van der Waals surface area contributed by atoms with E-state index in [1.165, 1.54) is 40.1 Å². The van der Waals surface area contributed by atoms with Crippen molar-refractivity contribution in [1.29, 1.82) is 0 Å². The first-order valence-electron chi connectivity index (χ1n) is 7.56. The number of benzene rings is 1. The maximum absolute atomic E-state index is 12.8. The number of thiophene rings is 1. The van der Waals surface area contributed by atoms with Crippen molar-refractivity contribution in [3.63, 3.8) is 0 Å². The molecule has 2 amide bonds. The molecule has 1 aromatic heterocycles. The van der Waals surface area contributed by atoms with E-state index < -0.39 is 0 Å². The Morgan fingerprint density at radius 3 is 2.54 bits per heavy atom. The maximum atomic E-state index is 12.8. The first kappa shape index (κ1) is 18.5. The fraction of sp³-hybridized carbons (Fsp3) is 0.294. The van der Waals surface area contributed by atoms with E-state index in [2.05, 4.69) is 10.9 Å². The van der Waals surface area contributed by atoms with Gasteiger partial charge in [0.1, 0.15) is 5.82 Å². The monoisotopic (exact) mass is 366 g/mol. The van der Waals surface area contributed by atoms with Gasteiger partial charge in [0.2, 0.25) is 5.91 Å². The molecule has 0 fully saturated rings. The van der Waals surface area contributed by atoms with Crippen molar-refractivity contribution < 1.29 is 14.0 Å². The highest BCUT2D eigenvalue weighted by atomic mass is 32.2. The van der Waals surface area contributed by atoms with Crippen molar-refractivity contribution in [3.8, 4) is 0 Å². The summed E-state index contributed by atoms with van der Waals surface area (Å²) in [5, 5.41) is 0. The Balaban J connectivity index is 1.72. The lowest BCUT2D eigenvalue weighted by Gasteiger charge is -2.06. The number of carbonyl (C=O) groups excluding carboxylic acids is 2. The zero-order valence-corrected chi connectivity index (χ0v) is 15.2. The van der Waals surface area contributed by atoms with E-state index in [0.29, 0.717) is 10.6 Å². The standard InChI is InChI=1S/C17H19FN2O2S2/c1-3-14-11(2)10-15(24-14)17(22)20-19-16(21)8-9-23-13-6-4-12(18)5-7-13/h4-7,10H,3,8-9H2,1-2H3,(H,19,21)(H,20,22). The van der Waals surface area contributed by atoms with Crippen molar-refractivity contribution >= 4 is 34.9 Å². The Labute approximate surface area is 148 Å². The molecular formula is C17H19FN2O2S2. The van der Waals surface area contributed by atoms with Crippen LogP contribution in [0.4, 0.5) is 4.39 Å². The molecular weight excluding hydrogens is 347 g/mol. The van der Waals surface area contributed by atoms with Gasteiger partial charge in [0.05, 0.1) is 4.88 Å². The van der Waals surface area contributed by atoms with Crippen molar-refractivity contribution in [2.75, 3.05) is 5.75 Å². The van der Waals surface area contributed by atoms with Crippen LogP contribution in [-0.4, -0.2) is 17.6 Å². The highest BCUT2D eigenvalue weighted by Crippen LogP contribution is 2.22. The molecule has 0 radical (unpaired) electrons. The average Bonchev–Trinajstić information content (AvgIpc) is 2.95. The number of rotatable bonds is 6. The van der Waals surface area contributed by atoms with Gasteiger partial charge in [-0.25, -0.2) is 4.39 Å². The van der Waals surface area contributed by atoms with E-state index in [4.69, 9.17) is 0 Å². The van der Waals surface area contributed by atoms with Crippen LogP contribution in [0, 0.1) is 12.7 Å². The quantitative estimate of drug-likeness (QED) is 0.605. The number of halogens is 1. The third kappa shape index (κ3) is 5.35. The highest BCUT2D eigenvalue weighted by Gasteiger charge is 2.12. The van der Waals surface area contributed by atoms with Gasteiger partial charge in [0.25, 0.3) is 5.91 Å². The molecule has 0 atom stereocenters. The summed E-state index contributed by atoms with van der Waals surface area (Å²) < 4.78 is 12.8. The Morgan fingerprint density at radius 1 is 1.21 bits per heavy atom. The van der Waals surface area contributed by atoms with Gasteiger partial charge in [-0.1, -0.05) is 6.92 Å². The molecule has 24 heavy (non-hydrogen) atoms. The second kappa shape index (κ2) is 8.84. The predicted molar refractivity (Wildman–Crippen MR) is 95.8 cm³/mol. The number of aryl methyl sites for hydroxylation is 2. The molecule has 0 saturated carbocycles. The molecule has 4 nitrogen and oxygen atoms in total. The van der Waals surface area contributed by atoms with Gasteiger partial charge in [0.15, 0.2) is 0 Å². The summed E-state index contributed by atoms with van der Waals surface area (Å²) in [6.07, 6.45) is 1.14. The van der Waals surface area contributed by atoms with Gasteiger partial charge in [-0.15, -0.1) is 23.1 Å². The van der Waals surface area contributed by atoms with E-state index in [1.54, 1.807) is 12.1 Å². The fourth-order valence-corrected chi connectivity index (χ4v) is 3.89. The molecule has 0 spiro atoms. The first-order valence-corrected chi connectivity index (χ1v) is 9.36. The van der Waals surface area contributed by atoms with Crippen LogP contribution >= 0.6 is 23.1 Å². The molecule has 1 heterocycles. The van der Waals surface area contributed by atoms with Crippen molar-refractivity contribution in [1.82, 2.24) is 10.9 Å². The average molecular weight is 366 g/mol. The van der Waals surface area contributed by atoms with Crippen molar-refractivity contribution in [2.24, 2.45) is 0 Å². The summed E-state index contributed by atoms with van der Waals surface area (Å²) in [6, 6.07) is 7.94. The molecule has 0 saturated heterocycles. The van der Waals surface area contributed by atoms with Crippen LogP contribution in [0.2, 0.25) is 0 Å². The number of hydrazine groups is 1. The first-order chi connectivity index (χ1) is 11.5. The molecule has 2 rings (SSSR count). The predicted octanol–water partition coefficient (Wildman–Crippen LogP) is 3.70. The minimum absolute atomic E-state index is 0.256. The van der Waals surface area contributed by atoms with Gasteiger partial charge in [-0.05, 0) is 49.2 Å². The minimum atomic E-state index is -0.303. The number of hydrogen-bond donors (Lipinski definition) is 2. The lowest BCUT2D eigenvalue weighted by atomic mass is 10.2. The van der Waals surface area contributed by atoms with E-state index in [9.17, 15) is 14.0 Å². The summed E-state index contributed by atoms with van der Waals surface area (Å²) in [5.74, 6) is -0.301. The number of hydrogen-bond acceptors (Lipinski definition) is 4. The topological polar surface area (TPSA) is 58.2 Å². The molecule has 1 aromatic carbocycles. The molecule has 2 N–H and O–H groups in total. The van der Waals surface area contributed by atoms with Crippen LogP contribution in [0.3, 0.4) is 0 Å². The molecule has 0 aliphatic rings. The number of carbonyl (C=O) groups is 2. The molecule has 2 aromatic rings. The Morgan fingerprint density at radius 2 is 1.92 bits per heavy atom. The fourth-order valence-electron chi connectivity index (χ4n) is 2.03. The van der Waals surface area contributed by atoms with Crippen LogP contribution in [0.1, 0.15) is 33.5 Å². The highest BCUT2D eigenvalue weighted by molar-refractivity contribution is 7.99. The van der Waals surface area contributed by atoms with E-state index in [0.717, 1.165) is 16.9 Å². The van der Waals surface area contributed by atoms with Crippen LogP contribution < -0.4 is 10.9 Å². The Hall–Kier alpha value is -1.86. The Bertz CT molecular complexity index is 714. The zero-order valence-electron chi connectivity index (χ0n) is 13.5. The van der Waals surface area contributed by atoms with Gasteiger partial charge < -0.3 is 0 Å². The summed E-state index contributed by atoms with van der Waals surface area (Å²) >= 11 is 2.90. The SMILES string of the molecule is CCc1sc(C(=O)NNC(=O)CCSc2ccc(F)cc2)cc1C. The summed E-state index contributed by atoms with van der Waals surface area (Å²) in [5.41, 5.74) is 5.94. The lowest BCUT2D eigenvalue weighted by Crippen LogP contribution is -2.41. The van der Waals surface area contributed by atoms with Crippen molar-refractivity contribution in [2.45, 2.75) is 31.6 Å². The zero-order chi connectivity index (χ0) is 17.5. The number of amides is 2. The van der Waals surface area contributed by atoms with Gasteiger partial charge >= 0.3 is 0 Å². The lowest BCUT2D eigenvalue weighted by molar-refractivity contribution is -0.121. The third-order valence-electron chi connectivity index (χ3n) is 3.29. The second-order valence-corrected chi connectivity index (χ2v) is 7.43. The van der Waals surface area contributed by atoms with E-state index in [-0.39, 0.29) is 24.1 Å². The molecule has 0 aliphatic heterocycles. The largest absolute Gasteiger partial charge is 0.279 e. The molecule has 0 unspecified atom stereocenters. The van der Waals surface area contributed by atoms with Crippen LogP contribution in [0.5, 0.6) is 0 Å². The summed E-state index contributed by atoms with van der Waals surface area (Å²) in [4.78, 5) is 26.4. The smallest absolute Gasteiger partial charge is 0.273 e. The van der Waals surface area contributed by atoms with Gasteiger partial charge in [0, 0.05) is 21.9 Å². The molecule has 128 valence electrons.